The van der Waals surface area contributed by atoms with E-state index in [1.54, 1.807) is 0 Å². The third-order valence-electron chi connectivity index (χ3n) is 4.69. The van der Waals surface area contributed by atoms with Crippen LogP contribution >= 0.6 is 11.6 Å². The van der Waals surface area contributed by atoms with Crippen LogP contribution in [0, 0.1) is 0 Å². The van der Waals surface area contributed by atoms with E-state index < -0.39 is 10.0 Å². The molecule has 0 spiro atoms. The predicted molar refractivity (Wildman–Crippen MR) is 111 cm³/mol. The van der Waals surface area contributed by atoms with Crippen molar-refractivity contribution in [3.63, 3.8) is 0 Å². The number of pyridine rings is 1. The average Bonchev–Trinajstić information content (AvgIpc) is 3.13. The topological polar surface area (TPSA) is 74.8 Å². The maximum atomic E-state index is 12.7. The van der Waals surface area contributed by atoms with Gasteiger partial charge in [-0.1, -0.05) is 60.1 Å². The van der Waals surface area contributed by atoms with Crippen molar-refractivity contribution < 1.29 is 8.42 Å². The second-order valence-corrected chi connectivity index (χ2v) is 8.58. The van der Waals surface area contributed by atoms with Crippen molar-refractivity contribution in [1.82, 2.24) is 14.7 Å². The Morgan fingerprint density at radius 2 is 1.75 bits per heavy atom. The highest BCUT2D eigenvalue weighted by molar-refractivity contribution is 7.89. The molecule has 0 saturated carbocycles. The molecule has 2 N–H and O–H groups in total. The molecule has 4 aromatic rings. The van der Waals surface area contributed by atoms with Gasteiger partial charge in [0.25, 0.3) is 0 Å². The summed E-state index contributed by atoms with van der Waals surface area (Å²) in [4.78, 5) is 7.22. The van der Waals surface area contributed by atoms with E-state index in [0.29, 0.717) is 0 Å². The van der Waals surface area contributed by atoms with Gasteiger partial charge >= 0.3 is 0 Å². The van der Waals surface area contributed by atoms with Crippen molar-refractivity contribution in [1.29, 1.82) is 0 Å². The number of para-hydroxylation sites is 1. The first-order valence-electron chi connectivity index (χ1n) is 8.77. The first kappa shape index (κ1) is 18.7. The van der Waals surface area contributed by atoms with Crippen LogP contribution in [-0.4, -0.2) is 24.9 Å². The number of rotatable bonds is 6. The summed E-state index contributed by atoms with van der Waals surface area (Å²) >= 11 is 5.76. The molecule has 1 atom stereocenters. The number of aromatic nitrogens is 2. The summed E-state index contributed by atoms with van der Waals surface area (Å²) in [6, 6.07) is 20.8. The van der Waals surface area contributed by atoms with Crippen molar-refractivity contribution in [3.05, 3.63) is 95.4 Å². The van der Waals surface area contributed by atoms with E-state index in [-0.39, 0.29) is 22.5 Å². The fourth-order valence-corrected chi connectivity index (χ4v) is 4.38. The molecule has 2 heterocycles. The van der Waals surface area contributed by atoms with E-state index in [0.717, 1.165) is 22.0 Å². The summed E-state index contributed by atoms with van der Waals surface area (Å²) in [6.45, 7) is 0.219. The number of sulfonamides is 1. The zero-order valence-corrected chi connectivity index (χ0v) is 16.4. The highest BCUT2D eigenvalue weighted by Crippen LogP contribution is 2.30. The van der Waals surface area contributed by atoms with Crippen LogP contribution in [0.1, 0.15) is 17.0 Å². The second kappa shape index (κ2) is 7.75. The van der Waals surface area contributed by atoms with Crippen LogP contribution in [0.5, 0.6) is 0 Å². The van der Waals surface area contributed by atoms with Gasteiger partial charge in [0.1, 0.15) is 10.0 Å². The lowest BCUT2D eigenvalue weighted by Gasteiger charge is -2.18. The largest absolute Gasteiger partial charge is 0.361 e. The molecule has 0 radical (unpaired) electrons. The van der Waals surface area contributed by atoms with Crippen LogP contribution in [0.15, 0.2) is 84.0 Å². The molecule has 0 saturated heterocycles. The van der Waals surface area contributed by atoms with Gasteiger partial charge in [-0.3, -0.25) is 0 Å². The van der Waals surface area contributed by atoms with Gasteiger partial charge in [0, 0.05) is 35.8 Å². The van der Waals surface area contributed by atoms with Gasteiger partial charge in [-0.05, 0) is 29.3 Å². The number of H-pyrrole nitrogens is 1. The maximum Gasteiger partial charge on any atom is 0.242 e. The molecule has 2 aromatic carbocycles. The molecular weight excluding hydrogens is 394 g/mol. The first-order valence-corrected chi connectivity index (χ1v) is 10.6. The highest BCUT2D eigenvalue weighted by Gasteiger charge is 2.22. The number of fused-ring (bicyclic) bond motifs is 1. The summed E-state index contributed by atoms with van der Waals surface area (Å²) in [7, 11) is -3.71. The van der Waals surface area contributed by atoms with Crippen LogP contribution in [0.25, 0.3) is 10.9 Å². The number of benzene rings is 2. The van der Waals surface area contributed by atoms with E-state index in [1.165, 1.54) is 18.3 Å². The van der Waals surface area contributed by atoms with Crippen LogP contribution < -0.4 is 4.72 Å². The molecule has 0 bridgehead atoms. The number of hydrogen-bond donors (Lipinski definition) is 2. The smallest absolute Gasteiger partial charge is 0.242 e. The summed E-state index contributed by atoms with van der Waals surface area (Å²) in [6.07, 6.45) is 3.20. The van der Waals surface area contributed by atoms with E-state index >= 15 is 0 Å². The zero-order valence-electron chi connectivity index (χ0n) is 14.8. The number of nitrogens with zero attached hydrogens (tertiary/aromatic N) is 1. The molecule has 0 aliphatic rings. The van der Waals surface area contributed by atoms with E-state index in [1.807, 2.05) is 60.8 Å². The van der Waals surface area contributed by atoms with Crippen LogP contribution in [0.2, 0.25) is 5.15 Å². The van der Waals surface area contributed by atoms with Gasteiger partial charge in [0.05, 0.1) is 0 Å². The quantitative estimate of drug-likeness (QED) is 0.464. The first-order chi connectivity index (χ1) is 13.5. The molecule has 0 amide bonds. The third-order valence-corrected chi connectivity index (χ3v) is 6.32. The Hall–Kier alpha value is -2.67. The van der Waals surface area contributed by atoms with Crippen LogP contribution in [0.4, 0.5) is 0 Å². The minimum atomic E-state index is -3.71. The molecule has 0 unspecified atom stereocenters. The summed E-state index contributed by atoms with van der Waals surface area (Å²) in [5.41, 5.74) is 3.09. The summed E-state index contributed by atoms with van der Waals surface area (Å²) < 4.78 is 28.1. The molecule has 4 rings (SSSR count). The van der Waals surface area contributed by atoms with Crippen molar-refractivity contribution in [2.45, 2.75) is 10.8 Å². The minimum absolute atomic E-state index is 0.0858. The Balaban J connectivity index is 1.68. The fraction of sp³-hybridized carbons (Fsp3) is 0.0952. The molecule has 0 fully saturated rings. The Morgan fingerprint density at radius 3 is 2.50 bits per heavy atom. The zero-order chi connectivity index (χ0) is 19.6. The van der Waals surface area contributed by atoms with Crippen molar-refractivity contribution in [3.8, 4) is 0 Å². The number of hydrogen-bond acceptors (Lipinski definition) is 3. The lowest BCUT2D eigenvalue weighted by atomic mass is 9.91. The summed E-state index contributed by atoms with van der Waals surface area (Å²) in [5.74, 6) is -0.146. The molecule has 142 valence electrons. The van der Waals surface area contributed by atoms with Crippen molar-refractivity contribution >= 4 is 32.5 Å². The lowest BCUT2D eigenvalue weighted by Crippen LogP contribution is -2.29. The van der Waals surface area contributed by atoms with Crippen molar-refractivity contribution in [2.75, 3.05) is 6.54 Å². The normalized spacial score (nSPS) is 12.9. The Bertz CT molecular complexity index is 1190. The Morgan fingerprint density at radius 1 is 1.00 bits per heavy atom. The minimum Gasteiger partial charge on any atom is -0.361 e. The average molecular weight is 412 g/mol. The van der Waals surface area contributed by atoms with E-state index in [9.17, 15) is 8.42 Å². The molecule has 2 aromatic heterocycles. The van der Waals surface area contributed by atoms with Gasteiger partial charge in [-0.25, -0.2) is 18.1 Å². The fourth-order valence-electron chi connectivity index (χ4n) is 3.27. The lowest BCUT2D eigenvalue weighted by molar-refractivity contribution is 0.577. The molecule has 28 heavy (non-hydrogen) atoms. The predicted octanol–water partition coefficient (Wildman–Crippen LogP) is 4.33. The van der Waals surface area contributed by atoms with Gasteiger partial charge in [-0.15, -0.1) is 0 Å². The SMILES string of the molecule is O=S(=O)(NC[C@@H](c1ccccc1)c1c[nH]c2ccccc12)c1ccc(Cl)nc1. The molecule has 5 nitrogen and oxygen atoms in total. The van der Waals surface area contributed by atoms with Gasteiger partial charge in [0.2, 0.25) is 10.0 Å². The standard InChI is InChI=1S/C21H18ClN3O2S/c22-21-11-10-16(12-24-21)28(26,27)25-14-18(15-6-2-1-3-7-15)19-13-23-20-9-5-4-8-17(19)20/h1-13,18,23,25H,14H2/t18-/m0/s1. The Kier molecular flexibility index (Phi) is 5.17. The maximum absolute atomic E-state index is 12.7. The molecular formula is C21H18ClN3O2S. The number of aromatic amines is 1. The van der Waals surface area contributed by atoms with Crippen molar-refractivity contribution in [2.24, 2.45) is 0 Å². The van der Waals surface area contributed by atoms with E-state index in [4.69, 9.17) is 11.6 Å². The number of halogens is 1. The molecule has 0 aliphatic carbocycles. The number of nitrogens with one attached hydrogen (secondary N) is 2. The Labute approximate surface area is 168 Å². The van der Waals surface area contributed by atoms with Crippen LogP contribution in [0.3, 0.4) is 0 Å². The van der Waals surface area contributed by atoms with Gasteiger partial charge in [0.15, 0.2) is 0 Å². The molecule has 7 heteroatoms. The monoisotopic (exact) mass is 411 g/mol. The second-order valence-electron chi connectivity index (χ2n) is 6.42. The highest BCUT2D eigenvalue weighted by atomic mass is 35.5. The van der Waals surface area contributed by atoms with Gasteiger partial charge < -0.3 is 4.98 Å². The van der Waals surface area contributed by atoms with E-state index in [2.05, 4.69) is 14.7 Å². The molecule has 0 aliphatic heterocycles. The van der Waals surface area contributed by atoms with Gasteiger partial charge in [-0.2, -0.15) is 0 Å². The summed E-state index contributed by atoms with van der Waals surface area (Å²) in [5, 5.41) is 1.32. The van der Waals surface area contributed by atoms with Crippen LogP contribution in [-0.2, 0) is 10.0 Å². The third kappa shape index (κ3) is 3.80.